The summed E-state index contributed by atoms with van der Waals surface area (Å²) in [4.78, 5) is 28.3. The van der Waals surface area contributed by atoms with Crippen LogP contribution in [0.1, 0.15) is 68.6 Å². The molecule has 1 aromatic rings. The third-order valence-electron chi connectivity index (χ3n) is 5.74. The Balaban J connectivity index is 1.62. The number of halogens is 2. The van der Waals surface area contributed by atoms with E-state index in [2.05, 4.69) is 20.9 Å². The molecule has 1 aromatic carbocycles. The van der Waals surface area contributed by atoms with Gasteiger partial charge in [0.15, 0.2) is 17.6 Å². The van der Waals surface area contributed by atoms with Crippen molar-refractivity contribution < 1.29 is 23.1 Å². The summed E-state index contributed by atoms with van der Waals surface area (Å²) < 4.78 is 31.6. The number of alkyl carbamates (subject to hydrolysis) is 1. The van der Waals surface area contributed by atoms with E-state index in [0.717, 1.165) is 63.5 Å². The Hall–Kier alpha value is -2.71. The minimum atomic E-state index is -1.08. The first kappa shape index (κ1) is 23.0. The molecule has 31 heavy (non-hydrogen) atoms. The van der Waals surface area contributed by atoms with E-state index in [1.165, 1.54) is 6.07 Å². The SMILES string of the molecule is CCOC(=O)N[C@H]1CC[C@H](N/C(=N/C(=O)c2ccc(F)c(F)c2)NC2CCCC2)CC1. The predicted molar refractivity (Wildman–Crippen MR) is 113 cm³/mol. The van der Waals surface area contributed by atoms with Gasteiger partial charge < -0.3 is 20.7 Å². The molecule has 2 fully saturated rings. The molecule has 0 radical (unpaired) electrons. The molecule has 0 bridgehead atoms. The van der Waals surface area contributed by atoms with Crippen LogP contribution in [0.15, 0.2) is 23.2 Å². The quantitative estimate of drug-likeness (QED) is 0.484. The van der Waals surface area contributed by atoms with Gasteiger partial charge in [0.2, 0.25) is 0 Å². The number of hydrogen-bond acceptors (Lipinski definition) is 3. The topological polar surface area (TPSA) is 91.8 Å². The summed E-state index contributed by atoms with van der Waals surface area (Å²) in [7, 11) is 0. The lowest BCUT2D eigenvalue weighted by Crippen LogP contribution is -2.49. The number of amides is 2. The molecule has 7 nitrogen and oxygen atoms in total. The molecule has 2 saturated carbocycles. The Morgan fingerprint density at radius 1 is 0.935 bits per heavy atom. The molecule has 0 aromatic heterocycles. The standard InChI is InChI=1S/C22H30F2N4O3/c1-2-31-22(30)27-17-10-8-16(9-11-17)26-21(25-15-5-3-4-6-15)28-20(29)14-7-12-18(23)19(24)13-14/h7,12-13,15-17H,2-6,8-11H2,1H3,(H,27,30)(H2,25,26,28,29)/t16-,17-. The van der Waals surface area contributed by atoms with Gasteiger partial charge in [-0.2, -0.15) is 4.99 Å². The first-order chi connectivity index (χ1) is 14.9. The number of benzene rings is 1. The zero-order valence-electron chi connectivity index (χ0n) is 17.8. The van der Waals surface area contributed by atoms with Crippen LogP contribution in [-0.4, -0.2) is 42.7 Å². The molecule has 2 aliphatic carbocycles. The number of ether oxygens (including phenoxy) is 1. The van der Waals surface area contributed by atoms with Gasteiger partial charge in [0.1, 0.15) is 0 Å². The van der Waals surface area contributed by atoms with Crippen LogP contribution in [-0.2, 0) is 4.74 Å². The van der Waals surface area contributed by atoms with Gasteiger partial charge in [-0.1, -0.05) is 12.8 Å². The van der Waals surface area contributed by atoms with Crippen LogP contribution in [0.3, 0.4) is 0 Å². The largest absolute Gasteiger partial charge is 0.450 e. The number of rotatable bonds is 5. The van der Waals surface area contributed by atoms with Crippen molar-refractivity contribution in [2.45, 2.75) is 76.4 Å². The van der Waals surface area contributed by atoms with Crippen LogP contribution in [0.2, 0.25) is 0 Å². The molecule has 0 saturated heterocycles. The molecule has 170 valence electrons. The van der Waals surface area contributed by atoms with Crippen molar-refractivity contribution in [2.75, 3.05) is 6.61 Å². The van der Waals surface area contributed by atoms with Gasteiger partial charge >= 0.3 is 6.09 Å². The lowest BCUT2D eigenvalue weighted by atomic mass is 9.91. The molecule has 3 N–H and O–H groups in total. The van der Waals surface area contributed by atoms with Crippen molar-refractivity contribution in [2.24, 2.45) is 4.99 Å². The Bertz CT molecular complexity index is 804. The first-order valence-electron chi connectivity index (χ1n) is 11.0. The number of nitrogens with one attached hydrogen (secondary N) is 3. The minimum absolute atomic E-state index is 0.00577. The van der Waals surface area contributed by atoms with Gasteiger partial charge in [-0.05, 0) is 63.6 Å². The summed E-state index contributed by atoms with van der Waals surface area (Å²) >= 11 is 0. The number of carbonyl (C=O) groups excluding carboxylic acids is 2. The van der Waals surface area contributed by atoms with Crippen molar-refractivity contribution in [1.82, 2.24) is 16.0 Å². The second-order valence-corrected chi connectivity index (χ2v) is 8.08. The van der Waals surface area contributed by atoms with Crippen molar-refractivity contribution in [3.8, 4) is 0 Å². The maximum Gasteiger partial charge on any atom is 0.407 e. The lowest BCUT2D eigenvalue weighted by molar-refractivity contribution is 0.100. The number of hydrogen-bond donors (Lipinski definition) is 3. The Morgan fingerprint density at radius 2 is 1.52 bits per heavy atom. The van der Waals surface area contributed by atoms with E-state index in [0.29, 0.717) is 12.6 Å². The predicted octanol–water partition coefficient (Wildman–Crippen LogP) is 3.64. The van der Waals surface area contributed by atoms with Gasteiger partial charge in [-0.25, -0.2) is 13.6 Å². The average Bonchev–Trinajstić information content (AvgIpc) is 3.24. The lowest BCUT2D eigenvalue weighted by Gasteiger charge is -2.31. The van der Waals surface area contributed by atoms with Gasteiger partial charge in [-0.15, -0.1) is 0 Å². The molecule has 0 atom stereocenters. The molecule has 0 spiro atoms. The van der Waals surface area contributed by atoms with Crippen LogP contribution >= 0.6 is 0 Å². The van der Waals surface area contributed by atoms with Crippen molar-refractivity contribution in [1.29, 1.82) is 0 Å². The van der Waals surface area contributed by atoms with Gasteiger partial charge in [0.05, 0.1) is 6.61 Å². The fraction of sp³-hybridized carbons (Fsp3) is 0.591. The second-order valence-electron chi connectivity index (χ2n) is 8.08. The van der Waals surface area contributed by atoms with E-state index in [1.807, 2.05) is 0 Å². The fourth-order valence-corrected chi connectivity index (χ4v) is 4.08. The fourth-order valence-electron chi connectivity index (χ4n) is 4.08. The third kappa shape index (κ3) is 6.90. The van der Waals surface area contributed by atoms with E-state index in [1.54, 1.807) is 6.92 Å². The minimum Gasteiger partial charge on any atom is -0.450 e. The highest BCUT2D eigenvalue weighted by Crippen LogP contribution is 2.20. The third-order valence-corrected chi connectivity index (χ3v) is 5.74. The highest BCUT2D eigenvalue weighted by Gasteiger charge is 2.25. The smallest absolute Gasteiger partial charge is 0.407 e. The van der Waals surface area contributed by atoms with Gasteiger partial charge in [0, 0.05) is 23.7 Å². The number of nitrogens with zero attached hydrogens (tertiary/aromatic N) is 1. The summed E-state index contributed by atoms with van der Waals surface area (Å²) in [6.45, 7) is 2.10. The van der Waals surface area contributed by atoms with E-state index in [9.17, 15) is 18.4 Å². The summed E-state index contributed by atoms with van der Waals surface area (Å²) in [6, 6.07) is 3.39. The molecule has 2 aliphatic rings. The van der Waals surface area contributed by atoms with Crippen LogP contribution < -0.4 is 16.0 Å². The molecule has 0 aliphatic heterocycles. The summed E-state index contributed by atoms with van der Waals surface area (Å²) in [6.07, 6.45) is 6.98. The first-order valence-corrected chi connectivity index (χ1v) is 11.0. The molecular weight excluding hydrogens is 406 g/mol. The molecule has 2 amide bonds. The summed E-state index contributed by atoms with van der Waals surface area (Å²) in [5, 5.41) is 9.49. The molecule has 3 rings (SSSR count). The van der Waals surface area contributed by atoms with Gasteiger partial charge in [0.25, 0.3) is 5.91 Å². The zero-order chi connectivity index (χ0) is 22.2. The average molecular weight is 437 g/mol. The molecular formula is C22H30F2N4O3. The van der Waals surface area contributed by atoms with E-state index < -0.39 is 23.6 Å². The van der Waals surface area contributed by atoms with E-state index >= 15 is 0 Å². The van der Waals surface area contributed by atoms with Crippen LogP contribution in [0.4, 0.5) is 13.6 Å². The Labute approximate surface area is 181 Å². The van der Waals surface area contributed by atoms with Gasteiger partial charge in [-0.3, -0.25) is 4.79 Å². The van der Waals surface area contributed by atoms with Crippen molar-refractivity contribution in [3.05, 3.63) is 35.4 Å². The summed E-state index contributed by atoms with van der Waals surface area (Å²) in [5.74, 6) is -2.35. The molecule has 0 heterocycles. The van der Waals surface area contributed by atoms with Crippen molar-refractivity contribution >= 4 is 18.0 Å². The maximum atomic E-state index is 13.5. The number of aliphatic imine (C=N–C) groups is 1. The maximum absolute atomic E-state index is 13.5. The second kappa shape index (κ2) is 11.1. The highest BCUT2D eigenvalue weighted by molar-refractivity contribution is 6.02. The van der Waals surface area contributed by atoms with Crippen molar-refractivity contribution in [3.63, 3.8) is 0 Å². The van der Waals surface area contributed by atoms with Crippen LogP contribution in [0, 0.1) is 11.6 Å². The Morgan fingerprint density at radius 3 is 2.10 bits per heavy atom. The van der Waals surface area contributed by atoms with Crippen LogP contribution in [0.5, 0.6) is 0 Å². The molecule has 0 unspecified atom stereocenters. The monoisotopic (exact) mass is 436 g/mol. The number of carbonyl (C=O) groups is 2. The van der Waals surface area contributed by atoms with E-state index in [4.69, 9.17) is 4.74 Å². The Kier molecular flexibility index (Phi) is 8.20. The molecule has 9 heteroatoms. The normalized spacial score (nSPS) is 22.1. The number of guanidine groups is 1. The van der Waals surface area contributed by atoms with Crippen LogP contribution in [0.25, 0.3) is 0 Å². The zero-order valence-corrected chi connectivity index (χ0v) is 17.8. The highest BCUT2D eigenvalue weighted by atomic mass is 19.2. The van der Waals surface area contributed by atoms with E-state index in [-0.39, 0.29) is 23.7 Å². The summed E-state index contributed by atoms with van der Waals surface area (Å²) in [5.41, 5.74) is -0.00577.